The van der Waals surface area contributed by atoms with Crippen molar-refractivity contribution in [3.05, 3.63) is 310 Å². The Kier molecular flexibility index (Phi) is 14.8. The Hall–Kier alpha value is -12.0. The molecule has 0 N–H and O–H groups in total. The summed E-state index contributed by atoms with van der Waals surface area (Å²) in [6, 6.07) is 40.4. The van der Waals surface area contributed by atoms with Crippen molar-refractivity contribution in [1.82, 2.24) is 132 Å². The number of aromatic nitrogens is 27. The fraction of sp³-hybridized carbons (Fsp3) is 0.105. The summed E-state index contributed by atoms with van der Waals surface area (Å²) in [6.07, 6.45) is 42.0. The van der Waals surface area contributed by atoms with Crippen LogP contribution in [-0.2, 0) is 0 Å². The zero-order valence-corrected chi connectivity index (χ0v) is 44.5. The number of hydrogen-bond donors (Lipinski definition) is 0. The number of rotatable bonds is 18. The Morgan fingerprint density at radius 2 is 0.286 bits per heavy atom. The Morgan fingerprint density at radius 3 is 0.381 bits per heavy atom. The molecule has 0 saturated carbocycles. The smallest absolute Gasteiger partial charge is 0.185 e. The van der Waals surface area contributed by atoms with Gasteiger partial charge in [0.15, 0.2) is 37.0 Å². The first-order chi connectivity index (χ1) is 41.7. The summed E-state index contributed by atoms with van der Waals surface area (Å²) in [7, 11) is 0. The first kappa shape index (κ1) is 51.4. The average molecular weight is 1110 g/mol. The van der Waals surface area contributed by atoms with Gasteiger partial charge < -0.3 is 0 Å². The number of hydrogen-bond acceptors (Lipinski definition) is 15. The van der Waals surface area contributed by atoms with Crippen LogP contribution >= 0.6 is 0 Å². The molecule has 27 nitrogen and oxygen atoms in total. The Morgan fingerprint density at radius 1 is 0.167 bits per heavy atom. The highest BCUT2D eigenvalue weighted by atomic mass is 15.5. The highest BCUT2D eigenvalue weighted by Crippen LogP contribution is 2.26. The Labute approximate surface area is 477 Å². The normalized spacial score (nSPS) is 11.5. The maximum absolute atomic E-state index is 4.95. The van der Waals surface area contributed by atoms with Gasteiger partial charge in [-0.15, -0.1) is 0 Å². The molecule has 414 valence electrons. The van der Waals surface area contributed by atoms with Gasteiger partial charge in [0.2, 0.25) is 0 Å². The zero-order chi connectivity index (χ0) is 56.3. The van der Waals surface area contributed by atoms with Gasteiger partial charge in [0.25, 0.3) is 0 Å². The molecular weight excluding hydrogens is 1060 g/mol. The van der Waals surface area contributed by atoms with Crippen LogP contribution < -0.4 is 0 Å². The average Bonchev–Trinajstić information content (AvgIpc) is 4.39. The van der Waals surface area contributed by atoms with Crippen LogP contribution in [-0.4, -0.2) is 132 Å². The van der Waals surface area contributed by atoms with E-state index in [1.807, 2.05) is 258 Å². The third-order valence-corrected chi connectivity index (χ3v) is 13.3. The second-order valence-electron chi connectivity index (χ2n) is 18.5. The van der Waals surface area contributed by atoms with Crippen LogP contribution in [0.25, 0.3) is 0 Å². The van der Waals surface area contributed by atoms with E-state index in [0.717, 1.165) is 34.2 Å². The van der Waals surface area contributed by atoms with Crippen LogP contribution in [0.5, 0.6) is 0 Å². The van der Waals surface area contributed by atoms with Crippen LogP contribution in [0.2, 0.25) is 0 Å². The molecular formula is C57H51N27. The van der Waals surface area contributed by atoms with E-state index in [9.17, 15) is 0 Å². The minimum absolute atomic E-state index is 0.291. The van der Waals surface area contributed by atoms with Crippen molar-refractivity contribution in [1.29, 1.82) is 0 Å². The maximum atomic E-state index is 4.95. The summed E-state index contributed by atoms with van der Waals surface area (Å²) in [5, 5.41) is 52.8. The molecule has 0 atom stereocenters. The van der Waals surface area contributed by atoms with Crippen molar-refractivity contribution in [3.8, 4) is 0 Å². The quantitative estimate of drug-likeness (QED) is 0.0931. The van der Waals surface area contributed by atoms with Gasteiger partial charge in [-0.3, -0.25) is 0 Å². The van der Waals surface area contributed by atoms with Crippen molar-refractivity contribution < 1.29 is 0 Å². The molecule has 0 aromatic carbocycles. The minimum Gasteiger partial charge on any atom is -0.249 e. The summed E-state index contributed by atoms with van der Waals surface area (Å²) in [4.78, 5) is 14.9. The fourth-order valence-electron chi connectivity index (χ4n) is 9.73. The van der Waals surface area contributed by atoms with Gasteiger partial charge >= 0.3 is 0 Å². The zero-order valence-electron chi connectivity index (χ0n) is 44.5. The molecule has 0 saturated heterocycles. The molecule has 0 unspecified atom stereocenters. The molecule has 0 aliphatic rings. The summed E-state index contributed by atoms with van der Waals surface area (Å²) in [5.41, 5.74) is 4.88. The van der Waals surface area contributed by atoms with Gasteiger partial charge in [0, 0.05) is 149 Å². The molecule has 0 aliphatic carbocycles. The van der Waals surface area contributed by atoms with Crippen molar-refractivity contribution in [2.45, 2.75) is 37.0 Å². The lowest BCUT2D eigenvalue weighted by atomic mass is 10.2. The second kappa shape index (κ2) is 24.1. The van der Waals surface area contributed by atoms with Crippen molar-refractivity contribution in [2.24, 2.45) is 0 Å². The molecule has 0 bridgehead atoms. The van der Waals surface area contributed by atoms with Crippen LogP contribution in [0.1, 0.15) is 71.2 Å². The van der Waals surface area contributed by atoms with E-state index in [4.69, 9.17) is 15.0 Å². The third kappa shape index (κ3) is 11.0. The lowest BCUT2D eigenvalue weighted by Gasteiger charge is -2.21. The molecule has 0 aliphatic heterocycles. The highest BCUT2D eigenvalue weighted by molar-refractivity contribution is 5.22. The number of pyridine rings is 3. The molecule has 27 heteroatoms. The van der Waals surface area contributed by atoms with E-state index in [1.54, 1.807) is 74.4 Å². The van der Waals surface area contributed by atoms with E-state index in [-0.39, 0.29) is 37.0 Å². The largest absolute Gasteiger partial charge is 0.249 e. The first-order valence-electron chi connectivity index (χ1n) is 26.5. The Balaban J connectivity index is 0.000000118. The van der Waals surface area contributed by atoms with Gasteiger partial charge in [-0.25, -0.2) is 71.1 Å². The van der Waals surface area contributed by atoms with E-state index in [0.29, 0.717) is 0 Å². The van der Waals surface area contributed by atoms with Crippen LogP contribution in [0.4, 0.5) is 0 Å². The highest BCUT2D eigenvalue weighted by Gasteiger charge is 2.26. The molecule has 15 rings (SSSR count). The molecule has 84 heavy (non-hydrogen) atoms. The summed E-state index contributed by atoms with van der Waals surface area (Å²) >= 11 is 0. The lowest BCUT2D eigenvalue weighted by molar-refractivity contribution is 0.391. The lowest BCUT2D eigenvalue weighted by Crippen LogP contribution is -2.25. The van der Waals surface area contributed by atoms with E-state index < -0.39 is 0 Å². The van der Waals surface area contributed by atoms with E-state index in [1.165, 1.54) is 0 Å². The predicted molar refractivity (Wildman–Crippen MR) is 301 cm³/mol. The predicted octanol–water partition coefficient (Wildman–Crippen LogP) is 6.17. The van der Waals surface area contributed by atoms with Gasteiger partial charge in [0.1, 0.15) is 0 Å². The maximum Gasteiger partial charge on any atom is 0.185 e. The minimum atomic E-state index is -0.291. The SMILES string of the molecule is c1cc(C(n2cccn2)n2cccn2)nc(C(n2cccn2)n2cccn2)c1.c1cc(C(n2cccn2)n2cccn2)nc(C(n2cccn2)n2cccn2)c1.c1cc(C(n2cccn2)n2cccn2)nc(C(n2cccn2)n2cccn2)c1. The first-order valence-corrected chi connectivity index (χ1v) is 26.5. The second-order valence-corrected chi connectivity index (χ2v) is 18.5. The van der Waals surface area contributed by atoms with Crippen molar-refractivity contribution in [3.63, 3.8) is 0 Å². The molecule has 0 amide bonds. The van der Waals surface area contributed by atoms with Crippen LogP contribution in [0, 0.1) is 0 Å². The van der Waals surface area contributed by atoms with Gasteiger partial charge in [-0.05, 0) is 109 Å². The van der Waals surface area contributed by atoms with Gasteiger partial charge in [0.05, 0.1) is 34.2 Å². The molecule has 15 aromatic rings. The fourth-order valence-corrected chi connectivity index (χ4v) is 9.73. The molecule has 0 fully saturated rings. The van der Waals surface area contributed by atoms with E-state index >= 15 is 0 Å². The molecule has 15 aromatic heterocycles. The van der Waals surface area contributed by atoms with Gasteiger partial charge in [-0.2, -0.15) is 61.2 Å². The molecule has 0 spiro atoms. The molecule has 15 heterocycles. The third-order valence-electron chi connectivity index (χ3n) is 13.3. The monoisotopic (exact) mass is 1110 g/mol. The summed E-state index contributed by atoms with van der Waals surface area (Å²) in [6.45, 7) is 0. The Bertz CT molecular complexity index is 3300. The van der Waals surface area contributed by atoms with Crippen LogP contribution in [0.3, 0.4) is 0 Å². The van der Waals surface area contributed by atoms with E-state index in [2.05, 4.69) is 61.2 Å². The van der Waals surface area contributed by atoms with Crippen molar-refractivity contribution in [2.75, 3.05) is 0 Å². The van der Waals surface area contributed by atoms with Crippen LogP contribution in [0.15, 0.2) is 276 Å². The number of nitrogens with zero attached hydrogens (tertiary/aromatic N) is 27. The topological polar surface area (TPSA) is 253 Å². The summed E-state index contributed by atoms with van der Waals surface area (Å²) in [5.74, 6) is 0. The summed E-state index contributed by atoms with van der Waals surface area (Å²) < 4.78 is 22.0. The standard InChI is InChI=1S/3C19H17N9/c3*1-6-16(18(25-12-2-8-20-25)26-13-3-9-21-26)24-17(7-1)19(27-14-4-10-22-27)28-15-5-11-23-28/h3*1-15,18-19H. The van der Waals surface area contributed by atoms with Crippen molar-refractivity contribution >= 4 is 0 Å². The van der Waals surface area contributed by atoms with Gasteiger partial charge in [-0.1, -0.05) is 18.2 Å². The molecule has 0 radical (unpaired) electrons.